The number of hydrogen-bond donors (Lipinski definition) is 1. The van der Waals surface area contributed by atoms with Gasteiger partial charge in [-0.15, -0.1) is 0 Å². The van der Waals surface area contributed by atoms with Crippen molar-refractivity contribution in [2.24, 2.45) is 22.4 Å². The smallest absolute Gasteiger partial charge is 0.431 e. The van der Waals surface area contributed by atoms with Crippen LogP contribution in [0.2, 0.25) is 0 Å². The lowest BCUT2D eigenvalue weighted by Crippen LogP contribution is -2.53. The van der Waals surface area contributed by atoms with Gasteiger partial charge in [-0.05, 0) is 42.6 Å². The van der Waals surface area contributed by atoms with Crippen LogP contribution in [0.1, 0.15) is 65.0 Å². The molecule has 2 saturated carbocycles. The van der Waals surface area contributed by atoms with Crippen molar-refractivity contribution in [1.82, 2.24) is 5.01 Å². The second-order valence-electron chi connectivity index (χ2n) is 8.89. The highest BCUT2D eigenvalue weighted by atomic mass is 16.6. The molecular weight excluding hydrogens is 340 g/mol. The van der Waals surface area contributed by atoms with E-state index in [-0.39, 0.29) is 29.1 Å². The van der Waals surface area contributed by atoms with E-state index >= 15 is 0 Å². The summed E-state index contributed by atoms with van der Waals surface area (Å²) in [6.45, 7) is 8.51. The molecule has 3 aliphatic rings. The molecule has 1 heterocycles. The van der Waals surface area contributed by atoms with Crippen molar-refractivity contribution in [1.29, 1.82) is 0 Å². The molecule has 0 radical (unpaired) electrons. The number of benzene rings is 1. The summed E-state index contributed by atoms with van der Waals surface area (Å²) in [5.41, 5.74) is 1.36. The maximum absolute atomic E-state index is 12.7. The highest BCUT2D eigenvalue weighted by Crippen LogP contribution is 2.66. The lowest BCUT2D eigenvalue weighted by Gasteiger charge is -2.40. The molecule has 27 heavy (non-hydrogen) atoms. The lowest BCUT2D eigenvalue weighted by molar-refractivity contribution is 0.0559. The molecule has 5 heteroatoms. The normalized spacial score (nSPS) is 33.7. The zero-order valence-corrected chi connectivity index (χ0v) is 16.7. The van der Waals surface area contributed by atoms with Crippen molar-refractivity contribution >= 4 is 11.8 Å². The van der Waals surface area contributed by atoms with Gasteiger partial charge in [0.2, 0.25) is 0 Å². The van der Waals surface area contributed by atoms with E-state index in [0.717, 1.165) is 30.5 Å². The Bertz CT molecular complexity index is 760. The van der Waals surface area contributed by atoms with Crippen LogP contribution in [0.4, 0.5) is 4.79 Å². The number of fused-ring (bicyclic) bond motifs is 1. The van der Waals surface area contributed by atoms with Gasteiger partial charge in [0.15, 0.2) is 0 Å². The maximum Gasteiger partial charge on any atom is 0.431 e. The first kappa shape index (κ1) is 18.5. The van der Waals surface area contributed by atoms with Crippen LogP contribution in [0.5, 0.6) is 0 Å². The van der Waals surface area contributed by atoms with E-state index in [9.17, 15) is 9.90 Å². The number of carbonyl (C=O) groups excluding carboxylic acids is 1. The fourth-order valence-electron chi connectivity index (χ4n) is 5.73. The molecule has 2 aliphatic carbocycles. The molecule has 3 fully saturated rings. The molecule has 5 atom stereocenters. The lowest BCUT2D eigenvalue weighted by atomic mass is 9.75. The van der Waals surface area contributed by atoms with Crippen LogP contribution < -0.4 is 0 Å². The molecule has 1 aromatic rings. The summed E-state index contributed by atoms with van der Waals surface area (Å²) >= 11 is 0. The van der Waals surface area contributed by atoms with Gasteiger partial charge >= 0.3 is 6.09 Å². The van der Waals surface area contributed by atoms with Crippen LogP contribution in [0, 0.1) is 17.3 Å². The van der Waals surface area contributed by atoms with E-state index in [4.69, 9.17) is 9.84 Å². The Morgan fingerprint density at radius 1 is 1.37 bits per heavy atom. The Morgan fingerprint density at radius 3 is 2.70 bits per heavy atom. The van der Waals surface area contributed by atoms with Crippen LogP contribution in [0.25, 0.3) is 0 Å². The molecule has 1 amide bonds. The van der Waals surface area contributed by atoms with Crippen LogP contribution in [-0.4, -0.2) is 33.6 Å². The third kappa shape index (κ3) is 2.47. The first-order chi connectivity index (χ1) is 12.8. The number of rotatable bonds is 5. The first-order valence-electron chi connectivity index (χ1n) is 10.1. The second kappa shape index (κ2) is 6.33. The Hall–Kier alpha value is -1.88. The minimum absolute atomic E-state index is 0.00649. The number of aliphatic hydroxyl groups is 1. The maximum atomic E-state index is 12.7. The van der Waals surface area contributed by atoms with Crippen molar-refractivity contribution in [2.45, 2.75) is 71.1 Å². The Kier molecular flexibility index (Phi) is 4.34. The highest BCUT2D eigenvalue weighted by molar-refractivity contribution is 5.88. The zero-order valence-electron chi connectivity index (χ0n) is 16.7. The quantitative estimate of drug-likeness (QED) is 0.775. The summed E-state index contributed by atoms with van der Waals surface area (Å²) in [6.07, 6.45) is 2.64. The minimum atomic E-state index is -0.648. The Labute approximate surface area is 161 Å². The largest absolute Gasteiger partial charge is 0.442 e. The van der Waals surface area contributed by atoms with Gasteiger partial charge < -0.3 is 9.84 Å². The number of ether oxygens (including phenoxy) is 1. The highest BCUT2D eigenvalue weighted by Gasteiger charge is 2.73. The van der Waals surface area contributed by atoms with Gasteiger partial charge in [0.25, 0.3) is 0 Å². The number of carbonyl (C=O) groups is 1. The summed E-state index contributed by atoms with van der Waals surface area (Å²) in [4.78, 5) is 12.7. The van der Waals surface area contributed by atoms with Gasteiger partial charge in [-0.1, -0.05) is 58.0 Å². The van der Waals surface area contributed by atoms with Crippen LogP contribution >= 0.6 is 0 Å². The SMILES string of the molecule is CC/C(=N/N1C(=O)O[C@@H]2C[C@H]3CC[C@]21C3(C)C)[C@H](C)[C@@H](O)c1ccccc1. The third-order valence-corrected chi connectivity index (χ3v) is 7.57. The summed E-state index contributed by atoms with van der Waals surface area (Å²) in [5.74, 6) is 0.396. The van der Waals surface area contributed by atoms with Crippen molar-refractivity contribution < 1.29 is 14.6 Å². The van der Waals surface area contributed by atoms with Crippen LogP contribution in [-0.2, 0) is 4.74 Å². The number of hydrazone groups is 1. The van der Waals surface area contributed by atoms with Gasteiger partial charge in [-0.3, -0.25) is 0 Å². The molecule has 1 aromatic carbocycles. The molecule has 1 saturated heterocycles. The minimum Gasteiger partial charge on any atom is -0.442 e. The van der Waals surface area contributed by atoms with Gasteiger partial charge in [0.05, 0.1) is 6.10 Å². The molecule has 1 N–H and O–H groups in total. The van der Waals surface area contributed by atoms with Crippen molar-refractivity contribution in [3.63, 3.8) is 0 Å². The molecule has 2 bridgehead atoms. The zero-order chi connectivity index (χ0) is 19.4. The number of nitrogens with zero attached hydrogens (tertiary/aromatic N) is 2. The van der Waals surface area contributed by atoms with Gasteiger partial charge in [-0.2, -0.15) is 10.1 Å². The number of amides is 1. The molecule has 146 valence electrons. The number of aliphatic hydroxyl groups excluding tert-OH is 1. The third-order valence-electron chi connectivity index (χ3n) is 7.57. The molecule has 1 spiro atoms. The van der Waals surface area contributed by atoms with Crippen molar-refractivity contribution in [2.75, 3.05) is 0 Å². The second-order valence-corrected chi connectivity index (χ2v) is 8.89. The standard InChI is InChI=1S/C22H30N2O3/c1-5-17(14(2)19(25)15-9-7-6-8-10-15)23-24-20(26)27-18-13-16-11-12-22(18,24)21(16,3)4/h6-10,14,16,18-19,25H,5,11-13H2,1-4H3/b23-17-/t14-,16+,18+,19+,22+/m0/s1. The van der Waals surface area contributed by atoms with Gasteiger partial charge in [-0.25, -0.2) is 4.79 Å². The summed E-state index contributed by atoms with van der Waals surface area (Å²) < 4.78 is 5.75. The topological polar surface area (TPSA) is 62.1 Å². The van der Waals surface area contributed by atoms with Gasteiger partial charge in [0, 0.05) is 11.6 Å². The average molecular weight is 370 g/mol. The van der Waals surface area contributed by atoms with E-state index in [0.29, 0.717) is 12.3 Å². The average Bonchev–Trinajstić information content (AvgIpc) is 3.18. The predicted octanol–water partition coefficient (Wildman–Crippen LogP) is 4.52. The molecular formula is C22H30N2O3. The van der Waals surface area contributed by atoms with E-state index in [1.54, 1.807) is 5.01 Å². The van der Waals surface area contributed by atoms with E-state index < -0.39 is 6.10 Å². The Morgan fingerprint density at radius 2 is 2.07 bits per heavy atom. The van der Waals surface area contributed by atoms with Crippen LogP contribution in [0.3, 0.4) is 0 Å². The summed E-state index contributed by atoms with van der Waals surface area (Å²) in [7, 11) is 0. The summed E-state index contributed by atoms with van der Waals surface area (Å²) in [5, 5.41) is 17.3. The molecule has 0 aromatic heterocycles. The monoisotopic (exact) mass is 370 g/mol. The summed E-state index contributed by atoms with van der Waals surface area (Å²) in [6, 6.07) is 9.64. The fourth-order valence-corrected chi connectivity index (χ4v) is 5.73. The predicted molar refractivity (Wildman–Crippen MR) is 104 cm³/mol. The molecule has 0 unspecified atom stereocenters. The molecule has 4 rings (SSSR count). The van der Waals surface area contributed by atoms with Crippen molar-refractivity contribution in [3.8, 4) is 0 Å². The van der Waals surface area contributed by atoms with E-state index in [1.807, 2.05) is 44.2 Å². The molecule has 1 aliphatic heterocycles. The number of hydrogen-bond acceptors (Lipinski definition) is 4. The van der Waals surface area contributed by atoms with Crippen molar-refractivity contribution in [3.05, 3.63) is 35.9 Å². The molecule has 5 nitrogen and oxygen atoms in total. The Balaban J connectivity index is 1.67. The van der Waals surface area contributed by atoms with E-state index in [2.05, 4.69) is 13.8 Å². The first-order valence-corrected chi connectivity index (χ1v) is 10.1. The van der Waals surface area contributed by atoms with Gasteiger partial charge in [0.1, 0.15) is 11.6 Å². The van der Waals surface area contributed by atoms with E-state index in [1.165, 1.54) is 0 Å². The fraction of sp³-hybridized carbons (Fsp3) is 0.636. The van der Waals surface area contributed by atoms with Crippen LogP contribution in [0.15, 0.2) is 35.4 Å².